The molecule has 206 valence electrons. The van der Waals surface area contributed by atoms with Crippen LogP contribution in [-0.4, -0.2) is 66.3 Å². The molecule has 11 nitrogen and oxygen atoms in total. The molecule has 0 bridgehead atoms. The van der Waals surface area contributed by atoms with Crippen LogP contribution >= 0.6 is 0 Å². The number of benzene rings is 2. The fraction of sp³-hybridized carbons (Fsp3) is 0.333. The minimum atomic E-state index is -1.26. The Morgan fingerprint density at radius 2 is 1.59 bits per heavy atom. The van der Waals surface area contributed by atoms with Gasteiger partial charge < -0.3 is 29.7 Å². The van der Waals surface area contributed by atoms with Crippen molar-refractivity contribution in [2.45, 2.75) is 32.1 Å². The summed E-state index contributed by atoms with van der Waals surface area (Å²) >= 11 is 0. The molecular formula is C27H30FN5O6. The summed E-state index contributed by atoms with van der Waals surface area (Å²) in [6.07, 6.45) is 0. The predicted molar refractivity (Wildman–Crippen MR) is 138 cm³/mol. The zero-order valence-corrected chi connectivity index (χ0v) is 22.3. The Hall–Kier alpha value is -4.61. The molecule has 12 heteroatoms. The summed E-state index contributed by atoms with van der Waals surface area (Å²) in [6.45, 7) is 1.96. The monoisotopic (exact) mass is 539 g/mol. The molecule has 2 aromatic carbocycles. The van der Waals surface area contributed by atoms with E-state index in [4.69, 9.17) is 14.2 Å². The minimum absolute atomic E-state index is 0.0372. The SMILES string of the molecule is COc1cc(CNC(=O)c2cc3n(n2)CC(C)(C(=O)NCc2ccc(F)cc2)N(C)C3=O)cc(OC)c1OC. The van der Waals surface area contributed by atoms with E-state index in [1.165, 1.54) is 56.2 Å². The molecule has 3 aromatic rings. The van der Waals surface area contributed by atoms with Crippen molar-refractivity contribution in [2.24, 2.45) is 0 Å². The van der Waals surface area contributed by atoms with Gasteiger partial charge in [-0.15, -0.1) is 0 Å². The van der Waals surface area contributed by atoms with Gasteiger partial charge in [-0.05, 0) is 42.3 Å². The van der Waals surface area contributed by atoms with Gasteiger partial charge in [0.05, 0.1) is 27.9 Å². The van der Waals surface area contributed by atoms with E-state index in [2.05, 4.69) is 15.7 Å². The molecule has 3 amide bonds. The lowest BCUT2D eigenvalue weighted by atomic mass is 9.96. The van der Waals surface area contributed by atoms with Crippen LogP contribution in [0.4, 0.5) is 4.39 Å². The highest BCUT2D eigenvalue weighted by molar-refractivity contribution is 6.01. The molecule has 2 heterocycles. The van der Waals surface area contributed by atoms with Crippen LogP contribution in [0.3, 0.4) is 0 Å². The van der Waals surface area contributed by atoms with Crippen LogP contribution in [0.1, 0.15) is 39.0 Å². The van der Waals surface area contributed by atoms with Crippen LogP contribution in [0.25, 0.3) is 0 Å². The van der Waals surface area contributed by atoms with Crippen molar-refractivity contribution in [1.29, 1.82) is 0 Å². The second-order valence-corrected chi connectivity index (χ2v) is 9.24. The van der Waals surface area contributed by atoms with Crippen LogP contribution in [0.2, 0.25) is 0 Å². The van der Waals surface area contributed by atoms with Gasteiger partial charge in [0.25, 0.3) is 11.8 Å². The molecule has 2 N–H and O–H groups in total. The van der Waals surface area contributed by atoms with E-state index >= 15 is 0 Å². The van der Waals surface area contributed by atoms with E-state index in [0.717, 1.165) is 0 Å². The van der Waals surface area contributed by atoms with Crippen molar-refractivity contribution in [3.8, 4) is 17.2 Å². The molecule has 4 rings (SSSR count). The number of hydrogen-bond acceptors (Lipinski definition) is 7. The first kappa shape index (κ1) is 27.4. The van der Waals surface area contributed by atoms with Crippen molar-refractivity contribution in [1.82, 2.24) is 25.3 Å². The first-order valence-corrected chi connectivity index (χ1v) is 12.1. The number of amides is 3. The van der Waals surface area contributed by atoms with E-state index in [1.54, 1.807) is 31.2 Å². The van der Waals surface area contributed by atoms with Crippen LogP contribution in [0.15, 0.2) is 42.5 Å². The lowest BCUT2D eigenvalue weighted by molar-refractivity contribution is -0.132. The molecule has 0 aliphatic carbocycles. The summed E-state index contributed by atoms with van der Waals surface area (Å²) in [5, 5.41) is 9.89. The van der Waals surface area contributed by atoms with Gasteiger partial charge in [-0.25, -0.2) is 4.39 Å². The Kier molecular flexibility index (Phi) is 7.75. The van der Waals surface area contributed by atoms with Gasteiger partial charge in [-0.3, -0.25) is 19.1 Å². The van der Waals surface area contributed by atoms with Gasteiger partial charge in [0.1, 0.15) is 17.1 Å². The number of rotatable bonds is 9. The van der Waals surface area contributed by atoms with Crippen molar-refractivity contribution < 1.29 is 33.0 Å². The average Bonchev–Trinajstić information content (AvgIpc) is 3.37. The first-order chi connectivity index (χ1) is 18.6. The Morgan fingerprint density at radius 3 is 2.18 bits per heavy atom. The van der Waals surface area contributed by atoms with Crippen molar-refractivity contribution in [3.05, 3.63) is 70.8 Å². The van der Waals surface area contributed by atoms with Crippen LogP contribution in [0, 0.1) is 5.82 Å². The number of ether oxygens (including phenoxy) is 3. The number of hydrogen-bond donors (Lipinski definition) is 2. The van der Waals surface area contributed by atoms with Gasteiger partial charge in [-0.2, -0.15) is 5.10 Å². The van der Waals surface area contributed by atoms with E-state index in [-0.39, 0.29) is 36.8 Å². The van der Waals surface area contributed by atoms with Crippen LogP contribution in [-0.2, 0) is 24.4 Å². The number of aromatic nitrogens is 2. The molecule has 0 saturated heterocycles. The summed E-state index contributed by atoms with van der Waals surface area (Å²) in [6, 6.07) is 10.6. The highest BCUT2D eigenvalue weighted by atomic mass is 19.1. The Morgan fingerprint density at radius 1 is 0.974 bits per heavy atom. The number of halogens is 1. The highest BCUT2D eigenvalue weighted by Crippen LogP contribution is 2.38. The third-order valence-electron chi connectivity index (χ3n) is 6.77. The number of likely N-dealkylation sites (N-methyl/N-ethyl adjacent to an activating group) is 1. The van der Waals surface area contributed by atoms with Crippen molar-refractivity contribution in [2.75, 3.05) is 28.4 Å². The molecule has 0 spiro atoms. The van der Waals surface area contributed by atoms with Gasteiger partial charge in [0.2, 0.25) is 11.7 Å². The number of fused-ring (bicyclic) bond motifs is 1. The van der Waals surface area contributed by atoms with Crippen molar-refractivity contribution in [3.63, 3.8) is 0 Å². The number of carbonyl (C=O) groups excluding carboxylic acids is 3. The molecule has 1 aromatic heterocycles. The molecule has 0 fully saturated rings. The van der Waals surface area contributed by atoms with Gasteiger partial charge in [0, 0.05) is 26.2 Å². The zero-order chi connectivity index (χ0) is 28.3. The summed E-state index contributed by atoms with van der Waals surface area (Å²) in [4.78, 5) is 40.5. The van der Waals surface area contributed by atoms with Gasteiger partial charge in [0.15, 0.2) is 17.2 Å². The molecule has 0 saturated carbocycles. The Balaban J connectivity index is 1.47. The number of nitrogens with one attached hydrogen (secondary N) is 2. The Bertz CT molecular complexity index is 1380. The topological polar surface area (TPSA) is 124 Å². The summed E-state index contributed by atoms with van der Waals surface area (Å²) in [7, 11) is 6.03. The quantitative estimate of drug-likeness (QED) is 0.427. The zero-order valence-electron chi connectivity index (χ0n) is 22.3. The maximum atomic E-state index is 13.2. The average molecular weight is 540 g/mol. The minimum Gasteiger partial charge on any atom is -0.493 e. The normalized spacial score (nSPS) is 16.4. The van der Waals surface area contributed by atoms with Crippen LogP contribution < -0.4 is 24.8 Å². The summed E-state index contributed by atoms with van der Waals surface area (Å²) < 4.78 is 30.6. The van der Waals surface area contributed by atoms with E-state index in [0.29, 0.717) is 28.4 Å². The second-order valence-electron chi connectivity index (χ2n) is 9.24. The number of methoxy groups -OCH3 is 3. The third-order valence-corrected chi connectivity index (χ3v) is 6.77. The smallest absolute Gasteiger partial charge is 0.272 e. The van der Waals surface area contributed by atoms with Crippen molar-refractivity contribution >= 4 is 17.7 Å². The number of carbonyl (C=O) groups is 3. The van der Waals surface area contributed by atoms with E-state index < -0.39 is 23.3 Å². The van der Waals surface area contributed by atoms with Crippen LogP contribution in [0.5, 0.6) is 17.2 Å². The maximum Gasteiger partial charge on any atom is 0.272 e. The third kappa shape index (κ3) is 5.35. The molecular weight excluding hydrogens is 509 g/mol. The molecule has 0 radical (unpaired) electrons. The molecule has 1 atom stereocenters. The van der Waals surface area contributed by atoms with Gasteiger partial charge in [-0.1, -0.05) is 12.1 Å². The number of nitrogens with zero attached hydrogens (tertiary/aromatic N) is 3. The Labute approximate surface area is 224 Å². The molecule has 39 heavy (non-hydrogen) atoms. The summed E-state index contributed by atoms with van der Waals surface area (Å²) in [5.41, 5.74) is 0.376. The lowest BCUT2D eigenvalue weighted by Gasteiger charge is -2.40. The predicted octanol–water partition coefficient (Wildman–Crippen LogP) is 2.14. The maximum absolute atomic E-state index is 13.2. The summed E-state index contributed by atoms with van der Waals surface area (Å²) in [5.74, 6) is -0.389. The largest absolute Gasteiger partial charge is 0.493 e. The second kappa shape index (κ2) is 11.0. The fourth-order valence-corrected chi connectivity index (χ4v) is 4.32. The lowest BCUT2D eigenvalue weighted by Crippen LogP contribution is -2.62. The standard InChI is InChI=1S/C27H30FN5O6/c1-27(26(36)30-13-16-6-8-18(28)9-7-16)15-33-20(25(35)32(27)2)12-19(31-33)24(34)29-14-17-10-21(37-3)23(39-5)22(11-17)38-4/h6-12H,13-15H2,1-5H3,(H,29,34)(H,30,36). The first-order valence-electron chi connectivity index (χ1n) is 12.1. The van der Waals surface area contributed by atoms with E-state index in [9.17, 15) is 18.8 Å². The van der Waals surface area contributed by atoms with E-state index in [1.807, 2.05) is 0 Å². The van der Waals surface area contributed by atoms with Gasteiger partial charge >= 0.3 is 0 Å². The molecule has 1 aliphatic heterocycles. The molecule has 1 unspecified atom stereocenters. The highest BCUT2D eigenvalue weighted by Gasteiger charge is 2.46. The fourth-order valence-electron chi connectivity index (χ4n) is 4.32. The molecule has 1 aliphatic rings.